The van der Waals surface area contributed by atoms with Crippen molar-refractivity contribution < 1.29 is 9.47 Å². The number of imidazole rings is 1. The van der Waals surface area contributed by atoms with E-state index < -0.39 is 0 Å². The maximum atomic E-state index is 5.91. The number of anilines is 1. The lowest BCUT2D eigenvalue weighted by Gasteiger charge is -2.23. The Morgan fingerprint density at radius 2 is 2.19 bits per heavy atom. The number of para-hydroxylation sites is 1. The first-order valence-corrected chi connectivity index (χ1v) is 10.6. The average Bonchev–Trinajstić information content (AvgIpc) is 3.42. The molecule has 1 unspecified atom stereocenters. The van der Waals surface area contributed by atoms with Gasteiger partial charge in [-0.05, 0) is 30.9 Å². The van der Waals surface area contributed by atoms with Crippen LogP contribution >= 0.6 is 0 Å². The number of hydrogen-bond donors (Lipinski definition) is 3. The molecule has 2 aliphatic rings. The molecule has 10 heteroatoms. The van der Waals surface area contributed by atoms with Gasteiger partial charge in [0.2, 0.25) is 5.95 Å². The van der Waals surface area contributed by atoms with E-state index in [1.807, 2.05) is 24.4 Å². The molecule has 2 fully saturated rings. The van der Waals surface area contributed by atoms with Crippen LogP contribution in [0, 0.1) is 0 Å². The van der Waals surface area contributed by atoms with E-state index in [2.05, 4.69) is 25.7 Å². The number of aromatic amines is 1. The summed E-state index contributed by atoms with van der Waals surface area (Å²) in [6.45, 7) is 2.66. The molecular weight excluding hydrogens is 396 g/mol. The Labute approximate surface area is 178 Å². The van der Waals surface area contributed by atoms with Gasteiger partial charge in [0.1, 0.15) is 23.2 Å². The predicted octanol–water partition coefficient (Wildman–Crippen LogP) is 2.16. The molecule has 160 valence electrons. The van der Waals surface area contributed by atoms with Crippen molar-refractivity contribution in [3.63, 3.8) is 0 Å². The molecule has 3 aromatic heterocycles. The second-order valence-corrected chi connectivity index (χ2v) is 7.97. The molecule has 0 spiro atoms. The molecule has 6 rings (SSSR count). The van der Waals surface area contributed by atoms with E-state index in [9.17, 15) is 0 Å². The maximum Gasteiger partial charge on any atom is 0.228 e. The van der Waals surface area contributed by atoms with Gasteiger partial charge in [-0.1, -0.05) is 6.07 Å². The third kappa shape index (κ3) is 3.37. The zero-order valence-corrected chi connectivity index (χ0v) is 17.3. The summed E-state index contributed by atoms with van der Waals surface area (Å²) in [4.78, 5) is 17.6. The number of nitrogens with zero attached hydrogens (tertiary/aromatic N) is 5. The molecule has 1 atom stereocenters. The summed E-state index contributed by atoms with van der Waals surface area (Å²) in [5.41, 5.74) is 3.79. The van der Waals surface area contributed by atoms with Gasteiger partial charge >= 0.3 is 0 Å². The van der Waals surface area contributed by atoms with Gasteiger partial charge < -0.3 is 25.1 Å². The Morgan fingerprint density at radius 1 is 1.26 bits per heavy atom. The fourth-order valence-electron chi connectivity index (χ4n) is 4.05. The Bertz CT molecular complexity index is 1240. The van der Waals surface area contributed by atoms with Gasteiger partial charge in [-0.2, -0.15) is 14.6 Å². The van der Waals surface area contributed by atoms with Crippen LogP contribution < -0.4 is 15.4 Å². The Hall–Kier alpha value is -3.24. The number of fused-ring (bicyclic) bond motifs is 2. The standard InChI is InChI=1S/C21H24N8O2/c1-30-15-4-2-3-14-18(15)26-17(25-14)11-23-21-28-19(16-10-22-7-8-31-16)27-20-13(12-5-6-12)9-24-29(20)21/h2-4,9,12,16,22H,5-8,10-11H2,1H3,(H,25,26)(H,23,27,28). The van der Waals surface area contributed by atoms with E-state index in [1.165, 1.54) is 18.4 Å². The van der Waals surface area contributed by atoms with Crippen LogP contribution in [0.25, 0.3) is 16.7 Å². The lowest BCUT2D eigenvalue weighted by Crippen LogP contribution is -2.34. The summed E-state index contributed by atoms with van der Waals surface area (Å²) in [5, 5.41) is 11.3. The summed E-state index contributed by atoms with van der Waals surface area (Å²) in [5.74, 6) is 3.39. The molecule has 3 N–H and O–H groups in total. The zero-order valence-electron chi connectivity index (χ0n) is 17.3. The largest absolute Gasteiger partial charge is 0.494 e. The van der Waals surface area contributed by atoms with Crippen molar-refractivity contribution in [1.29, 1.82) is 0 Å². The summed E-state index contributed by atoms with van der Waals surface area (Å²) >= 11 is 0. The highest BCUT2D eigenvalue weighted by Crippen LogP contribution is 2.42. The fourth-order valence-corrected chi connectivity index (χ4v) is 4.05. The number of H-pyrrole nitrogens is 1. The molecule has 0 amide bonds. The molecule has 0 bridgehead atoms. The number of hydrogen-bond acceptors (Lipinski definition) is 8. The number of morpholine rings is 1. The molecule has 31 heavy (non-hydrogen) atoms. The number of methoxy groups -OCH3 is 1. The van der Waals surface area contributed by atoms with Gasteiger partial charge in [0.15, 0.2) is 11.5 Å². The first-order chi connectivity index (χ1) is 15.3. The van der Waals surface area contributed by atoms with Crippen LogP contribution in [0.3, 0.4) is 0 Å². The van der Waals surface area contributed by atoms with Crippen molar-refractivity contribution in [2.45, 2.75) is 31.4 Å². The van der Waals surface area contributed by atoms with Crippen molar-refractivity contribution in [3.05, 3.63) is 41.6 Å². The van der Waals surface area contributed by atoms with Gasteiger partial charge in [0, 0.05) is 18.7 Å². The highest BCUT2D eigenvalue weighted by atomic mass is 16.5. The van der Waals surface area contributed by atoms with Crippen LogP contribution in [-0.2, 0) is 11.3 Å². The van der Waals surface area contributed by atoms with Crippen LogP contribution in [0.2, 0.25) is 0 Å². The minimum absolute atomic E-state index is 0.170. The first kappa shape index (κ1) is 18.5. The molecular formula is C21H24N8O2. The van der Waals surface area contributed by atoms with E-state index >= 15 is 0 Å². The summed E-state index contributed by atoms with van der Waals surface area (Å²) in [6, 6.07) is 5.83. The Morgan fingerprint density at radius 3 is 3.00 bits per heavy atom. The normalized spacial score (nSPS) is 19.2. The maximum absolute atomic E-state index is 5.91. The molecule has 0 radical (unpaired) electrons. The van der Waals surface area contributed by atoms with E-state index in [1.54, 1.807) is 11.6 Å². The average molecular weight is 420 g/mol. The number of benzene rings is 1. The Balaban J connectivity index is 1.34. The van der Waals surface area contributed by atoms with Crippen LogP contribution in [-0.4, -0.2) is 56.4 Å². The Kier molecular flexibility index (Phi) is 4.46. The first-order valence-electron chi connectivity index (χ1n) is 10.6. The third-order valence-electron chi connectivity index (χ3n) is 5.80. The second kappa shape index (κ2) is 7.47. The highest BCUT2D eigenvalue weighted by molar-refractivity contribution is 5.81. The lowest BCUT2D eigenvalue weighted by molar-refractivity contribution is 0.0222. The van der Waals surface area contributed by atoms with Gasteiger partial charge in [0.25, 0.3) is 0 Å². The molecule has 4 heterocycles. The van der Waals surface area contributed by atoms with Gasteiger partial charge in [0.05, 0.1) is 32.0 Å². The smallest absolute Gasteiger partial charge is 0.228 e. The summed E-state index contributed by atoms with van der Waals surface area (Å²) < 4.78 is 13.1. The third-order valence-corrected chi connectivity index (χ3v) is 5.80. The lowest BCUT2D eigenvalue weighted by atomic mass is 10.2. The summed E-state index contributed by atoms with van der Waals surface area (Å²) in [6.07, 6.45) is 4.12. The summed E-state index contributed by atoms with van der Waals surface area (Å²) in [7, 11) is 1.65. The molecule has 1 saturated heterocycles. The van der Waals surface area contributed by atoms with Crippen molar-refractivity contribution in [3.8, 4) is 5.75 Å². The van der Waals surface area contributed by atoms with Gasteiger partial charge in [-0.25, -0.2) is 9.97 Å². The van der Waals surface area contributed by atoms with E-state index in [4.69, 9.17) is 19.4 Å². The highest BCUT2D eigenvalue weighted by Gasteiger charge is 2.30. The molecule has 10 nitrogen and oxygen atoms in total. The number of aromatic nitrogens is 6. The van der Waals surface area contributed by atoms with Crippen LogP contribution in [0.15, 0.2) is 24.4 Å². The minimum Gasteiger partial charge on any atom is -0.494 e. The second-order valence-electron chi connectivity index (χ2n) is 7.97. The number of ether oxygens (including phenoxy) is 2. The van der Waals surface area contributed by atoms with Crippen molar-refractivity contribution in [1.82, 2.24) is 34.9 Å². The minimum atomic E-state index is -0.170. The van der Waals surface area contributed by atoms with Gasteiger partial charge in [-0.3, -0.25) is 0 Å². The van der Waals surface area contributed by atoms with E-state index in [0.717, 1.165) is 34.8 Å². The SMILES string of the molecule is COc1cccc2[nH]c(CNc3nc(C4CNCCO4)nc4c(C5CC5)cnn34)nc12. The topological polar surface area (TPSA) is 114 Å². The van der Waals surface area contributed by atoms with Crippen LogP contribution in [0.1, 0.15) is 42.1 Å². The van der Waals surface area contributed by atoms with Crippen molar-refractivity contribution >= 4 is 22.6 Å². The molecule has 1 saturated carbocycles. The van der Waals surface area contributed by atoms with Crippen LogP contribution in [0.5, 0.6) is 5.75 Å². The van der Waals surface area contributed by atoms with Crippen LogP contribution in [0.4, 0.5) is 5.95 Å². The van der Waals surface area contributed by atoms with Crippen molar-refractivity contribution in [2.24, 2.45) is 0 Å². The van der Waals surface area contributed by atoms with Crippen molar-refractivity contribution in [2.75, 3.05) is 32.1 Å². The zero-order chi connectivity index (χ0) is 20.8. The molecule has 1 aromatic carbocycles. The monoisotopic (exact) mass is 420 g/mol. The van der Waals surface area contributed by atoms with E-state index in [0.29, 0.717) is 37.4 Å². The number of rotatable bonds is 6. The quantitative estimate of drug-likeness (QED) is 0.435. The number of nitrogens with one attached hydrogen (secondary N) is 3. The van der Waals surface area contributed by atoms with E-state index in [-0.39, 0.29) is 6.10 Å². The molecule has 1 aliphatic heterocycles. The molecule has 1 aliphatic carbocycles. The fraction of sp³-hybridized carbons (Fsp3) is 0.429. The predicted molar refractivity (Wildman–Crippen MR) is 114 cm³/mol. The molecule has 4 aromatic rings. The van der Waals surface area contributed by atoms with Gasteiger partial charge in [-0.15, -0.1) is 0 Å².